The number of aromatic nitrogens is 2. The molecule has 0 bridgehead atoms. The minimum absolute atomic E-state index is 0.331. The second-order valence-corrected chi connectivity index (χ2v) is 7.48. The number of pyridine rings is 1. The van der Waals surface area contributed by atoms with E-state index in [-0.39, 0.29) is 5.97 Å². The molecule has 0 radical (unpaired) electrons. The van der Waals surface area contributed by atoms with E-state index in [1.54, 1.807) is 7.11 Å². The predicted octanol–water partition coefficient (Wildman–Crippen LogP) is 3.68. The second kappa shape index (κ2) is 8.45. The number of benzene rings is 1. The molecule has 0 unspecified atom stereocenters. The van der Waals surface area contributed by atoms with Crippen molar-refractivity contribution in [1.82, 2.24) is 9.38 Å². The van der Waals surface area contributed by atoms with Crippen molar-refractivity contribution >= 4 is 17.3 Å². The van der Waals surface area contributed by atoms with Gasteiger partial charge >= 0.3 is 5.97 Å². The first-order valence-electron chi connectivity index (χ1n) is 10.1. The van der Waals surface area contributed by atoms with Crippen LogP contribution in [0.4, 0.5) is 5.69 Å². The van der Waals surface area contributed by atoms with Crippen LogP contribution in [0.25, 0.3) is 16.9 Å². The maximum Gasteiger partial charge on any atom is 0.303 e. The van der Waals surface area contributed by atoms with Crippen LogP contribution in [0.5, 0.6) is 0 Å². The van der Waals surface area contributed by atoms with Gasteiger partial charge in [-0.3, -0.25) is 9.20 Å². The molecular weight excluding hydrogens is 382 g/mol. The lowest BCUT2D eigenvalue weighted by Gasteiger charge is -2.34. The molecule has 1 aliphatic heterocycles. The van der Waals surface area contributed by atoms with Crippen LogP contribution in [0.2, 0.25) is 0 Å². The van der Waals surface area contributed by atoms with E-state index in [1.165, 1.54) is 6.92 Å². The first kappa shape index (κ1) is 20.4. The van der Waals surface area contributed by atoms with Gasteiger partial charge in [0.05, 0.1) is 36.8 Å². The maximum absolute atomic E-state index is 11.7. The highest BCUT2D eigenvalue weighted by molar-refractivity contribution is 5.80. The molecule has 1 aromatic carbocycles. The fourth-order valence-electron chi connectivity index (χ4n) is 3.99. The lowest BCUT2D eigenvalue weighted by molar-refractivity contribution is -0.155. The Balaban J connectivity index is 1.91. The van der Waals surface area contributed by atoms with E-state index < -0.39 is 12.2 Å². The van der Waals surface area contributed by atoms with E-state index in [1.807, 2.05) is 25.1 Å². The number of carbonyl (C=O) groups is 1. The quantitative estimate of drug-likeness (QED) is 0.495. The zero-order chi connectivity index (χ0) is 21.3. The summed E-state index contributed by atoms with van der Waals surface area (Å²) < 4.78 is 19.1. The zero-order valence-electron chi connectivity index (χ0n) is 17.8. The fraction of sp³-hybridized carbons (Fsp3) is 0.391. The van der Waals surface area contributed by atoms with Gasteiger partial charge in [-0.15, -0.1) is 0 Å². The van der Waals surface area contributed by atoms with E-state index in [2.05, 4.69) is 34.8 Å². The van der Waals surface area contributed by atoms with Crippen molar-refractivity contribution in [2.45, 2.75) is 33.0 Å². The molecule has 0 spiro atoms. The number of aryl methyl sites for hydroxylation is 2. The molecule has 30 heavy (non-hydrogen) atoms. The Hall–Kier alpha value is -2.90. The van der Waals surface area contributed by atoms with Gasteiger partial charge in [-0.2, -0.15) is 0 Å². The van der Waals surface area contributed by atoms with Crippen LogP contribution < -0.4 is 5.32 Å². The standard InChI is InChI=1S/C23H27N3O4/c1-14-15(2)26-19(17-8-6-5-7-9-17)12-18-21(23(26)25-14)24-13-20(30-16(3)27)22(18)29-11-10-28-4/h5-9,12,20,22,24H,10-11,13H2,1-4H3/t20-,22+/m1/s1. The number of ether oxygens (including phenoxy) is 3. The van der Waals surface area contributed by atoms with Gasteiger partial charge in [-0.1, -0.05) is 30.3 Å². The Morgan fingerprint density at radius 3 is 2.70 bits per heavy atom. The van der Waals surface area contributed by atoms with Gasteiger partial charge in [0.1, 0.15) is 12.2 Å². The molecule has 4 rings (SSSR count). The molecule has 0 saturated carbocycles. The van der Waals surface area contributed by atoms with E-state index in [0.717, 1.165) is 39.5 Å². The zero-order valence-corrected chi connectivity index (χ0v) is 17.8. The van der Waals surface area contributed by atoms with Gasteiger partial charge in [0.2, 0.25) is 0 Å². The average Bonchev–Trinajstić information content (AvgIpc) is 3.04. The van der Waals surface area contributed by atoms with Gasteiger partial charge in [0.15, 0.2) is 5.65 Å². The average molecular weight is 409 g/mol. The number of anilines is 1. The lowest BCUT2D eigenvalue weighted by Crippen LogP contribution is -2.38. The van der Waals surface area contributed by atoms with Crippen molar-refractivity contribution in [3.8, 4) is 11.3 Å². The first-order chi connectivity index (χ1) is 14.5. The van der Waals surface area contributed by atoms with Gasteiger partial charge in [0, 0.05) is 25.3 Å². The highest BCUT2D eigenvalue weighted by atomic mass is 16.6. The number of nitrogens with one attached hydrogen (secondary N) is 1. The molecule has 0 aliphatic carbocycles. The largest absolute Gasteiger partial charge is 0.458 e. The first-order valence-corrected chi connectivity index (χ1v) is 10.1. The summed E-state index contributed by atoms with van der Waals surface area (Å²) in [6, 6.07) is 12.3. The third-order valence-electron chi connectivity index (χ3n) is 5.49. The molecule has 0 fully saturated rings. The Morgan fingerprint density at radius 2 is 2.00 bits per heavy atom. The van der Waals surface area contributed by atoms with Crippen molar-refractivity contribution in [2.24, 2.45) is 0 Å². The number of fused-ring (bicyclic) bond motifs is 3. The van der Waals surface area contributed by atoms with Crippen molar-refractivity contribution in [3.63, 3.8) is 0 Å². The topological polar surface area (TPSA) is 74.1 Å². The highest BCUT2D eigenvalue weighted by Gasteiger charge is 2.35. The molecule has 3 heterocycles. The van der Waals surface area contributed by atoms with Crippen LogP contribution in [0, 0.1) is 13.8 Å². The van der Waals surface area contributed by atoms with Crippen LogP contribution in [-0.2, 0) is 19.0 Å². The second-order valence-electron chi connectivity index (χ2n) is 7.48. The molecule has 7 nitrogen and oxygen atoms in total. The molecule has 0 saturated heterocycles. The van der Waals surface area contributed by atoms with Crippen LogP contribution in [0.15, 0.2) is 36.4 Å². The summed E-state index contributed by atoms with van der Waals surface area (Å²) in [4.78, 5) is 16.5. The van der Waals surface area contributed by atoms with Crippen molar-refractivity contribution < 1.29 is 19.0 Å². The number of methoxy groups -OCH3 is 1. The monoisotopic (exact) mass is 409 g/mol. The highest BCUT2D eigenvalue weighted by Crippen LogP contribution is 2.40. The number of rotatable bonds is 6. The summed E-state index contributed by atoms with van der Waals surface area (Å²) in [5.41, 5.74) is 6.86. The Morgan fingerprint density at radius 1 is 1.23 bits per heavy atom. The molecule has 7 heteroatoms. The van der Waals surface area contributed by atoms with Gasteiger partial charge in [0.25, 0.3) is 0 Å². The number of carbonyl (C=O) groups excluding carboxylic acids is 1. The van der Waals surface area contributed by atoms with Crippen LogP contribution in [0.3, 0.4) is 0 Å². The molecular formula is C23H27N3O4. The Kier molecular flexibility index (Phi) is 5.74. The van der Waals surface area contributed by atoms with Crippen molar-refractivity contribution in [2.75, 3.05) is 32.2 Å². The van der Waals surface area contributed by atoms with Crippen molar-refractivity contribution in [3.05, 3.63) is 53.3 Å². The number of hydrogen-bond acceptors (Lipinski definition) is 6. The molecule has 2 aromatic heterocycles. The Labute approximate surface area is 176 Å². The number of hydrogen-bond donors (Lipinski definition) is 1. The minimum Gasteiger partial charge on any atom is -0.458 e. The van der Waals surface area contributed by atoms with E-state index in [4.69, 9.17) is 19.2 Å². The van der Waals surface area contributed by atoms with Crippen LogP contribution in [-0.4, -0.2) is 48.3 Å². The number of nitrogens with zero attached hydrogens (tertiary/aromatic N) is 2. The summed E-state index contributed by atoms with van der Waals surface area (Å²) in [5.74, 6) is -0.331. The fourth-order valence-corrected chi connectivity index (χ4v) is 3.99. The summed E-state index contributed by atoms with van der Waals surface area (Å²) in [5, 5.41) is 3.43. The van der Waals surface area contributed by atoms with Crippen LogP contribution >= 0.6 is 0 Å². The van der Waals surface area contributed by atoms with E-state index in [0.29, 0.717) is 19.8 Å². The molecule has 0 amide bonds. The van der Waals surface area contributed by atoms with Gasteiger partial charge < -0.3 is 19.5 Å². The van der Waals surface area contributed by atoms with E-state index >= 15 is 0 Å². The molecule has 1 N–H and O–H groups in total. The minimum atomic E-state index is -0.435. The van der Waals surface area contributed by atoms with Gasteiger partial charge in [-0.05, 0) is 25.5 Å². The molecule has 1 aliphatic rings. The number of imidazole rings is 1. The predicted molar refractivity (Wildman–Crippen MR) is 115 cm³/mol. The summed E-state index contributed by atoms with van der Waals surface area (Å²) >= 11 is 0. The summed E-state index contributed by atoms with van der Waals surface area (Å²) in [6.45, 7) is 6.82. The Bertz CT molecular complexity index is 1060. The van der Waals surface area contributed by atoms with Gasteiger partial charge in [-0.25, -0.2) is 4.98 Å². The summed E-state index contributed by atoms with van der Waals surface area (Å²) in [7, 11) is 1.64. The maximum atomic E-state index is 11.7. The molecule has 158 valence electrons. The SMILES string of the molecule is COCCO[C@H]1c2cc(-c3ccccc3)n3c(C)c(C)nc3c2NC[C@H]1OC(C)=O. The third kappa shape index (κ3) is 3.66. The third-order valence-corrected chi connectivity index (χ3v) is 5.49. The number of esters is 1. The molecule has 3 aromatic rings. The van der Waals surface area contributed by atoms with Crippen LogP contribution in [0.1, 0.15) is 30.0 Å². The van der Waals surface area contributed by atoms with Crippen molar-refractivity contribution in [1.29, 1.82) is 0 Å². The normalized spacial score (nSPS) is 18.1. The summed E-state index contributed by atoms with van der Waals surface area (Å²) in [6.07, 6.45) is -0.847. The molecule has 2 atom stereocenters. The lowest BCUT2D eigenvalue weighted by atomic mass is 9.96. The van der Waals surface area contributed by atoms with E-state index in [9.17, 15) is 4.79 Å². The smallest absolute Gasteiger partial charge is 0.303 e.